The molecule has 0 spiro atoms. The highest BCUT2D eigenvalue weighted by molar-refractivity contribution is 7.09. The molecule has 0 radical (unpaired) electrons. The lowest BCUT2D eigenvalue weighted by Crippen LogP contribution is -2.32. The maximum absolute atomic E-state index is 12.9. The number of piperidine rings is 1. The summed E-state index contributed by atoms with van der Waals surface area (Å²) in [5.74, 6) is 0.729. The molecule has 3 heterocycles. The molecule has 39 heavy (non-hydrogen) atoms. The fourth-order valence-electron chi connectivity index (χ4n) is 5.13. The maximum atomic E-state index is 12.9. The van der Waals surface area contributed by atoms with Crippen LogP contribution >= 0.6 is 11.3 Å². The number of nitrogens with zero attached hydrogens (tertiary/aromatic N) is 3. The van der Waals surface area contributed by atoms with Crippen LogP contribution in [0.2, 0.25) is 0 Å². The van der Waals surface area contributed by atoms with E-state index in [1.54, 1.807) is 6.20 Å². The van der Waals surface area contributed by atoms with E-state index in [-0.39, 0.29) is 11.7 Å². The van der Waals surface area contributed by atoms with Gasteiger partial charge in [0, 0.05) is 64.4 Å². The topological polar surface area (TPSA) is 67.2 Å². The van der Waals surface area contributed by atoms with Crippen molar-refractivity contribution in [2.45, 2.75) is 26.2 Å². The minimum absolute atomic E-state index is 0.0602. The second-order valence-corrected chi connectivity index (χ2v) is 11.2. The smallest absolute Gasteiger partial charge is 0.255 e. The highest BCUT2D eigenvalue weighted by Gasteiger charge is 2.17. The Balaban J connectivity index is 1.12. The number of ketones is 1. The van der Waals surface area contributed by atoms with Crippen molar-refractivity contribution >= 4 is 45.3 Å². The van der Waals surface area contributed by atoms with Gasteiger partial charge in [-0.3, -0.25) is 9.59 Å². The van der Waals surface area contributed by atoms with Crippen LogP contribution in [-0.2, 0) is 6.42 Å². The molecular formula is C32H30N4O2S. The van der Waals surface area contributed by atoms with Gasteiger partial charge < -0.3 is 14.8 Å². The molecule has 1 N–H and O–H groups in total. The molecule has 1 saturated heterocycles. The molecule has 7 heteroatoms. The van der Waals surface area contributed by atoms with Gasteiger partial charge in [0.25, 0.3) is 5.91 Å². The predicted molar refractivity (Wildman–Crippen MR) is 158 cm³/mol. The van der Waals surface area contributed by atoms with E-state index in [0.29, 0.717) is 17.5 Å². The molecule has 0 aliphatic carbocycles. The van der Waals surface area contributed by atoms with Crippen molar-refractivity contribution in [2.24, 2.45) is 5.92 Å². The zero-order chi connectivity index (χ0) is 26.8. The average Bonchev–Trinajstić information content (AvgIpc) is 3.63. The average molecular weight is 535 g/mol. The van der Waals surface area contributed by atoms with Gasteiger partial charge in [-0.25, -0.2) is 4.98 Å². The number of hydrogen-bond donors (Lipinski definition) is 1. The van der Waals surface area contributed by atoms with E-state index in [9.17, 15) is 9.59 Å². The molecule has 6 nitrogen and oxygen atoms in total. The van der Waals surface area contributed by atoms with Crippen molar-refractivity contribution in [2.75, 3.05) is 23.3 Å². The van der Waals surface area contributed by atoms with Gasteiger partial charge in [0.15, 0.2) is 5.78 Å². The molecule has 0 bridgehead atoms. The van der Waals surface area contributed by atoms with Gasteiger partial charge in [-0.2, -0.15) is 0 Å². The van der Waals surface area contributed by atoms with Crippen molar-refractivity contribution in [3.05, 3.63) is 107 Å². The number of carbonyl (C=O) groups is 2. The quantitative estimate of drug-likeness (QED) is 0.228. The minimum Gasteiger partial charge on any atom is -0.372 e. The molecule has 1 fully saturated rings. The molecule has 0 atom stereocenters. The lowest BCUT2D eigenvalue weighted by atomic mass is 9.98. The van der Waals surface area contributed by atoms with Gasteiger partial charge in [0.1, 0.15) is 5.01 Å². The number of Topliss-reactive ketones (excluding diaryl/α,β-unsaturated/α-hetero) is 1. The van der Waals surface area contributed by atoms with Gasteiger partial charge in [-0.1, -0.05) is 6.92 Å². The number of amides is 1. The summed E-state index contributed by atoms with van der Waals surface area (Å²) in [6.45, 7) is 4.45. The van der Waals surface area contributed by atoms with Crippen LogP contribution < -0.4 is 10.2 Å². The Kier molecular flexibility index (Phi) is 6.99. The third kappa shape index (κ3) is 5.49. The van der Waals surface area contributed by atoms with Crippen LogP contribution in [-0.4, -0.2) is 34.3 Å². The van der Waals surface area contributed by atoms with Crippen molar-refractivity contribution in [1.29, 1.82) is 0 Å². The van der Waals surface area contributed by atoms with Crippen molar-refractivity contribution in [3.63, 3.8) is 0 Å². The summed E-state index contributed by atoms with van der Waals surface area (Å²) in [7, 11) is 0. The van der Waals surface area contributed by atoms with E-state index in [0.717, 1.165) is 46.3 Å². The Hall–Kier alpha value is -4.23. The molecule has 5 aromatic rings. The number of aromatic nitrogens is 2. The second-order valence-electron chi connectivity index (χ2n) is 10.2. The molecule has 6 rings (SSSR count). The minimum atomic E-state index is -0.120. The number of rotatable bonds is 7. The summed E-state index contributed by atoms with van der Waals surface area (Å²) in [6, 6.07) is 23.5. The van der Waals surface area contributed by atoms with Crippen LogP contribution in [0.5, 0.6) is 0 Å². The fourth-order valence-corrected chi connectivity index (χ4v) is 5.74. The number of benzene rings is 3. The van der Waals surface area contributed by atoms with Crippen molar-refractivity contribution in [1.82, 2.24) is 9.55 Å². The number of nitrogens with one attached hydrogen (secondary N) is 1. The molecule has 196 valence electrons. The van der Waals surface area contributed by atoms with Gasteiger partial charge in [-0.05, 0) is 91.6 Å². The Morgan fingerprint density at radius 2 is 1.64 bits per heavy atom. The van der Waals surface area contributed by atoms with Gasteiger partial charge >= 0.3 is 0 Å². The van der Waals surface area contributed by atoms with Crippen LogP contribution in [0, 0.1) is 5.92 Å². The van der Waals surface area contributed by atoms with E-state index < -0.39 is 0 Å². The Morgan fingerprint density at radius 1 is 0.923 bits per heavy atom. The lowest BCUT2D eigenvalue weighted by Gasteiger charge is -2.32. The maximum Gasteiger partial charge on any atom is 0.255 e. The Labute approximate surface area is 231 Å². The Bertz CT molecular complexity index is 1600. The van der Waals surface area contributed by atoms with Crippen LogP contribution in [0.15, 0.2) is 90.6 Å². The normalized spacial score (nSPS) is 14.0. The lowest BCUT2D eigenvalue weighted by molar-refractivity contribution is 0.0991. The fraction of sp³-hybridized carbons (Fsp3) is 0.219. The van der Waals surface area contributed by atoms with Crippen molar-refractivity contribution < 1.29 is 9.59 Å². The van der Waals surface area contributed by atoms with Gasteiger partial charge in [0.2, 0.25) is 0 Å². The standard InChI is InChI=1S/C32H30N4O2S/c1-22-12-16-35(17-13-22)27-7-4-24(5-8-27)32(38)34-26-6-11-29-25(20-26)14-18-36(29)28-9-2-23(3-10-28)30(37)21-31-33-15-19-39-31/h2-11,14-15,18-20,22H,12-13,16-17,21H2,1H3,(H,34,38). The number of thiazole rings is 1. The number of carbonyl (C=O) groups excluding carboxylic acids is 2. The van der Waals surface area contributed by atoms with E-state index in [1.165, 1.54) is 29.9 Å². The third-order valence-corrected chi connectivity index (χ3v) is 8.27. The summed E-state index contributed by atoms with van der Waals surface area (Å²) in [5.41, 5.74) is 5.24. The molecular weight excluding hydrogens is 504 g/mol. The molecule has 3 aromatic carbocycles. The highest BCUT2D eigenvalue weighted by Crippen LogP contribution is 2.26. The van der Waals surface area contributed by atoms with Crippen LogP contribution in [0.1, 0.15) is 45.5 Å². The molecule has 1 amide bonds. The van der Waals surface area contributed by atoms with Gasteiger partial charge in [0.05, 0.1) is 11.9 Å². The first kappa shape index (κ1) is 25.1. The predicted octanol–water partition coefficient (Wildman–Crippen LogP) is 7.00. The molecule has 0 saturated carbocycles. The van der Waals surface area contributed by atoms with E-state index >= 15 is 0 Å². The molecule has 1 aliphatic heterocycles. The SMILES string of the molecule is CC1CCN(c2ccc(C(=O)Nc3ccc4c(ccn4-c4ccc(C(=O)Cc5nccs5)cc4)c3)cc2)CC1. The first-order chi connectivity index (χ1) is 19.0. The zero-order valence-electron chi connectivity index (χ0n) is 21.8. The summed E-state index contributed by atoms with van der Waals surface area (Å²) in [5, 5.41) is 6.77. The summed E-state index contributed by atoms with van der Waals surface area (Å²) >= 11 is 1.49. The number of hydrogen-bond acceptors (Lipinski definition) is 5. The molecule has 1 aliphatic rings. The first-order valence-electron chi connectivity index (χ1n) is 13.3. The zero-order valence-corrected chi connectivity index (χ0v) is 22.7. The first-order valence-corrected chi connectivity index (χ1v) is 14.2. The largest absolute Gasteiger partial charge is 0.372 e. The monoisotopic (exact) mass is 534 g/mol. The third-order valence-electron chi connectivity index (χ3n) is 7.49. The summed E-state index contributed by atoms with van der Waals surface area (Å²) in [6.07, 6.45) is 6.47. The van der Waals surface area contributed by atoms with Crippen molar-refractivity contribution in [3.8, 4) is 5.69 Å². The summed E-state index contributed by atoms with van der Waals surface area (Å²) < 4.78 is 2.08. The van der Waals surface area contributed by atoms with E-state index in [4.69, 9.17) is 0 Å². The van der Waals surface area contributed by atoms with Crippen LogP contribution in [0.25, 0.3) is 16.6 Å². The number of fused-ring (bicyclic) bond motifs is 1. The van der Waals surface area contributed by atoms with E-state index in [1.807, 2.05) is 84.4 Å². The Morgan fingerprint density at radius 3 is 2.36 bits per heavy atom. The second kappa shape index (κ2) is 10.9. The van der Waals surface area contributed by atoms with Crippen LogP contribution in [0.3, 0.4) is 0 Å². The number of anilines is 2. The van der Waals surface area contributed by atoms with E-state index in [2.05, 4.69) is 26.7 Å². The molecule has 2 aromatic heterocycles. The molecule has 0 unspecified atom stereocenters. The highest BCUT2D eigenvalue weighted by atomic mass is 32.1. The van der Waals surface area contributed by atoms with Gasteiger partial charge in [-0.15, -0.1) is 11.3 Å². The summed E-state index contributed by atoms with van der Waals surface area (Å²) in [4.78, 5) is 32.1. The van der Waals surface area contributed by atoms with Crippen LogP contribution in [0.4, 0.5) is 11.4 Å².